The molecule has 0 amide bonds. The molecular weight excluding hydrogens is 222 g/mol. The average molecular weight is 247 g/mol. The average Bonchev–Trinajstić information content (AvgIpc) is 2.14. The Morgan fingerprint density at radius 2 is 1.88 bits per heavy atom. The predicted molar refractivity (Wildman–Crippen MR) is 69.9 cm³/mol. The van der Waals surface area contributed by atoms with Crippen LogP contribution >= 0.6 is 0 Å². The SMILES string of the molecule is C=CCCCCNS(=O)(=O)CCC(C)(C)C. The molecule has 16 heavy (non-hydrogen) atoms. The van der Waals surface area contributed by atoms with Crippen molar-refractivity contribution in [2.75, 3.05) is 12.3 Å². The maximum Gasteiger partial charge on any atom is 0.211 e. The van der Waals surface area contributed by atoms with Crippen LogP contribution in [0.15, 0.2) is 12.7 Å². The highest BCUT2D eigenvalue weighted by molar-refractivity contribution is 7.89. The van der Waals surface area contributed by atoms with Gasteiger partial charge in [-0.1, -0.05) is 26.8 Å². The number of hydrogen-bond donors (Lipinski definition) is 1. The van der Waals surface area contributed by atoms with Crippen LogP contribution in [0.2, 0.25) is 0 Å². The van der Waals surface area contributed by atoms with E-state index < -0.39 is 10.0 Å². The molecule has 0 bridgehead atoms. The summed E-state index contributed by atoms with van der Waals surface area (Å²) in [6.07, 6.45) is 5.36. The van der Waals surface area contributed by atoms with Crippen LogP contribution in [0.4, 0.5) is 0 Å². The van der Waals surface area contributed by atoms with Crippen molar-refractivity contribution in [3.63, 3.8) is 0 Å². The number of rotatable bonds is 8. The zero-order valence-corrected chi connectivity index (χ0v) is 11.6. The van der Waals surface area contributed by atoms with Gasteiger partial charge in [-0.15, -0.1) is 6.58 Å². The molecule has 0 atom stereocenters. The normalized spacial score (nSPS) is 12.7. The fourth-order valence-electron chi connectivity index (χ4n) is 1.15. The molecule has 1 N–H and O–H groups in total. The van der Waals surface area contributed by atoms with E-state index in [1.165, 1.54) is 0 Å². The van der Waals surface area contributed by atoms with Crippen molar-refractivity contribution >= 4 is 10.0 Å². The Morgan fingerprint density at radius 1 is 1.25 bits per heavy atom. The molecule has 3 nitrogen and oxygen atoms in total. The smallest absolute Gasteiger partial charge is 0.211 e. The van der Waals surface area contributed by atoms with Gasteiger partial charge in [-0.2, -0.15) is 0 Å². The molecule has 96 valence electrons. The van der Waals surface area contributed by atoms with Crippen LogP contribution in [0.1, 0.15) is 46.5 Å². The van der Waals surface area contributed by atoms with E-state index in [-0.39, 0.29) is 11.2 Å². The first-order valence-corrected chi connectivity index (χ1v) is 7.50. The van der Waals surface area contributed by atoms with Gasteiger partial charge in [0.25, 0.3) is 0 Å². The zero-order valence-electron chi connectivity index (χ0n) is 10.8. The molecule has 0 aliphatic carbocycles. The van der Waals surface area contributed by atoms with E-state index in [1.807, 2.05) is 26.8 Å². The quantitative estimate of drug-likeness (QED) is 0.529. The molecule has 0 unspecified atom stereocenters. The third kappa shape index (κ3) is 10.2. The van der Waals surface area contributed by atoms with Crippen LogP contribution in [-0.4, -0.2) is 20.7 Å². The van der Waals surface area contributed by atoms with Crippen molar-refractivity contribution in [1.29, 1.82) is 0 Å². The maximum absolute atomic E-state index is 11.6. The lowest BCUT2D eigenvalue weighted by atomic mass is 9.94. The summed E-state index contributed by atoms with van der Waals surface area (Å²) in [5, 5.41) is 0. The van der Waals surface area contributed by atoms with E-state index in [4.69, 9.17) is 0 Å². The lowest BCUT2D eigenvalue weighted by Gasteiger charge is -2.17. The Morgan fingerprint density at radius 3 is 2.38 bits per heavy atom. The monoisotopic (exact) mass is 247 g/mol. The molecular formula is C12H25NO2S. The zero-order chi connectivity index (χ0) is 12.7. The highest BCUT2D eigenvalue weighted by Gasteiger charge is 2.16. The first-order valence-electron chi connectivity index (χ1n) is 5.85. The van der Waals surface area contributed by atoms with E-state index in [9.17, 15) is 8.42 Å². The first kappa shape index (κ1) is 15.7. The summed E-state index contributed by atoms with van der Waals surface area (Å²) in [5.41, 5.74) is 0.0671. The second kappa shape index (κ2) is 7.07. The fraction of sp³-hybridized carbons (Fsp3) is 0.833. The van der Waals surface area contributed by atoms with Crippen molar-refractivity contribution in [2.24, 2.45) is 5.41 Å². The third-order valence-electron chi connectivity index (χ3n) is 2.28. The summed E-state index contributed by atoms with van der Waals surface area (Å²) in [5.74, 6) is 0.220. The third-order valence-corrected chi connectivity index (χ3v) is 3.66. The van der Waals surface area contributed by atoms with Gasteiger partial charge in [-0.05, 0) is 31.1 Å². The topological polar surface area (TPSA) is 46.2 Å². The molecule has 0 fully saturated rings. The van der Waals surface area contributed by atoms with Crippen molar-refractivity contribution in [3.8, 4) is 0 Å². The van der Waals surface area contributed by atoms with Crippen LogP contribution in [0.25, 0.3) is 0 Å². The van der Waals surface area contributed by atoms with Gasteiger partial charge >= 0.3 is 0 Å². The van der Waals surface area contributed by atoms with Crippen LogP contribution in [0, 0.1) is 5.41 Å². The van der Waals surface area contributed by atoms with Crippen molar-refractivity contribution in [2.45, 2.75) is 46.5 Å². The molecule has 0 aromatic heterocycles. The Hall–Kier alpha value is -0.350. The van der Waals surface area contributed by atoms with Gasteiger partial charge in [0.05, 0.1) is 5.75 Å². The standard InChI is InChI=1S/C12H25NO2S/c1-5-6-7-8-10-13-16(14,15)11-9-12(2,3)4/h5,13H,1,6-11H2,2-4H3. The van der Waals surface area contributed by atoms with Gasteiger partial charge in [-0.25, -0.2) is 13.1 Å². The van der Waals surface area contributed by atoms with E-state index in [0.29, 0.717) is 13.0 Å². The minimum atomic E-state index is -3.08. The van der Waals surface area contributed by atoms with E-state index in [1.54, 1.807) is 0 Å². The number of allylic oxidation sites excluding steroid dienone is 1. The van der Waals surface area contributed by atoms with Crippen LogP contribution in [0.5, 0.6) is 0 Å². The van der Waals surface area contributed by atoms with E-state index >= 15 is 0 Å². The Kier molecular flexibility index (Phi) is 6.91. The molecule has 0 aliphatic rings. The lowest BCUT2D eigenvalue weighted by Crippen LogP contribution is -2.29. The lowest BCUT2D eigenvalue weighted by molar-refractivity contribution is 0.396. The molecule has 0 aliphatic heterocycles. The largest absolute Gasteiger partial charge is 0.215 e. The van der Waals surface area contributed by atoms with Gasteiger partial charge in [0, 0.05) is 6.54 Å². The number of nitrogens with one attached hydrogen (secondary N) is 1. The molecule has 0 spiro atoms. The Bertz CT molecular complexity index is 289. The van der Waals surface area contributed by atoms with Crippen molar-refractivity contribution in [1.82, 2.24) is 4.72 Å². The molecule has 0 aromatic carbocycles. The molecule has 0 radical (unpaired) electrons. The van der Waals surface area contributed by atoms with Crippen molar-refractivity contribution < 1.29 is 8.42 Å². The molecule has 0 heterocycles. The summed E-state index contributed by atoms with van der Waals surface area (Å²) in [6.45, 7) is 10.3. The Labute approximate surface area is 100 Å². The number of hydrogen-bond acceptors (Lipinski definition) is 2. The summed E-state index contributed by atoms with van der Waals surface area (Å²) in [7, 11) is -3.08. The van der Waals surface area contributed by atoms with Gasteiger partial charge in [0.15, 0.2) is 0 Å². The minimum absolute atomic E-state index is 0.0671. The first-order chi connectivity index (χ1) is 7.27. The number of sulfonamides is 1. The Balaban J connectivity index is 3.75. The maximum atomic E-state index is 11.6. The highest BCUT2D eigenvalue weighted by Crippen LogP contribution is 2.18. The van der Waals surface area contributed by atoms with Gasteiger partial charge < -0.3 is 0 Å². The van der Waals surface area contributed by atoms with E-state index in [2.05, 4.69) is 11.3 Å². The number of unbranched alkanes of at least 4 members (excludes halogenated alkanes) is 2. The highest BCUT2D eigenvalue weighted by atomic mass is 32.2. The molecule has 4 heteroatoms. The molecule has 0 saturated carbocycles. The summed E-state index contributed by atoms with van der Waals surface area (Å²) in [6, 6.07) is 0. The van der Waals surface area contributed by atoms with Crippen LogP contribution < -0.4 is 4.72 Å². The molecule has 0 rings (SSSR count). The van der Waals surface area contributed by atoms with E-state index in [0.717, 1.165) is 19.3 Å². The second-order valence-corrected chi connectivity index (χ2v) is 7.23. The molecule has 0 saturated heterocycles. The minimum Gasteiger partial charge on any atom is -0.215 e. The van der Waals surface area contributed by atoms with Gasteiger partial charge in [0.2, 0.25) is 10.0 Å². The predicted octanol–water partition coefficient (Wildman–Crippen LogP) is 2.70. The van der Waals surface area contributed by atoms with Gasteiger partial charge in [-0.3, -0.25) is 0 Å². The fourth-order valence-corrected chi connectivity index (χ4v) is 2.63. The summed E-state index contributed by atoms with van der Waals surface area (Å²) in [4.78, 5) is 0. The van der Waals surface area contributed by atoms with Gasteiger partial charge in [0.1, 0.15) is 0 Å². The van der Waals surface area contributed by atoms with Crippen molar-refractivity contribution in [3.05, 3.63) is 12.7 Å². The van der Waals surface area contributed by atoms with Crippen LogP contribution in [0.3, 0.4) is 0 Å². The van der Waals surface area contributed by atoms with Crippen LogP contribution in [-0.2, 0) is 10.0 Å². The summed E-state index contributed by atoms with van der Waals surface area (Å²) >= 11 is 0. The second-order valence-electron chi connectivity index (χ2n) is 5.31. The summed E-state index contributed by atoms with van der Waals surface area (Å²) < 4.78 is 25.8. The molecule has 0 aromatic rings.